The van der Waals surface area contributed by atoms with Crippen LogP contribution in [0, 0.1) is 18.3 Å². The van der Waals surface area contributed by atoms with Crippen molar-refractivity contribution >= 4 is 11.0 Å². The first-order chi connectivity index (χ1) is 6.74. The van der Waals surface area contributed by atoms with Crippen molar-refractivity contribution < 1.29 is 9.15 Å². The Hall–Kier alpha value is -1.95. The Kier molecular flexibility index (Phi) is 1.90. The fourth-order valence-electron chi connectivity index (χ4n) is 1.47. The van der Waals surface area contributed by atoms with Crippen LogP contribution in [0.1, 0.15) is 11.3 Å². The molecule has 1 aromatic heterocycles. The zero-order valence-electron chi connectivity index (χ0n) is 8.00. The number of fused-ring (bicyclic) bond motifs is 1. The molecule has 0 bridgehead atoms. The van der Waals surface area contributed by atoms with Gasteiger partial charge in [-0.05, 0) is 19.1 Å². The number of nitrogens with zero attached hydrogens (tertiary/aromatic N) is 1. The molecule has 0 N–H and O–H groups in total. The van der Waals surface area contributed by atoms with Crippen molar-refractivity contribution in [3.63, 3.8) is 0 Å². The minimum absolute atomic E-state index is 0.579. The van der Waals surface area contributed by atoms with Crippen LogP contribution in [-0.2, 0) is 0 Å². The number of furan rings is 1. The van der Waals surface area contributed by atoms with E-state index >= 15 is 0 Å². The minimum Gasteiger partial charge on any atom is -0.493 e. The van der Waals surface area contributed by atoms with Crippen molar-refractivity contribution in [3.8, 4) is 11.8 Å². The molecule has 3 heteroatoms. The maximum atomic E-state index is 8.79. The summed E-state index contributed by atoms with van der Waals surface area (Å²) in [5.74, 6) is 1.42. The minimum atomic E-state index is 0.579. The van der Waals surface area contributed by atoms with Gasteiger partial charge in [-0.2, -0.15) is 5.26 Å². The molecule has 1 aromatic carbocycles. The summed E-state index contributed by atoms with van der Waals surface area (Å²) in [6, 6.07) is 7.43. The standard InChI is InChI=1S/C11H9NO2/c1-7-3-9-4-8(6-12)5-10(13-2)11(9)14-7/h3-5H,1-2H3. The summed E-state index contributed by atoms with van der Waals surface area (Å²) in [6.07, 6.45) is 0. The van der Waals surface area contributed by atoms with Crippen molar-refractivity contribution in [2.75, 3.05) is 7.11 Å². The smallest absolute Gasteiger partial charge is 0.176 e. The summed E-state index contributed by atoms with van der Waals surface area (Å²) in [5.41, 5.74) is 1.28. The zero-order chi connectivity index (χ0) is 10.1. The second kappa shape index (κ2) is 3.08. The number of hydrogen-bond donors (Lipinski definition) is 0. The number of methoxy groups -OCH3 is 1. The number of hydrogen-bond acceptors (Lipinski definition) is 3. The van der Waals surface area contributed by atoms with Crippen LogP contribution in [0.15, 0.2) is 22.6 Å². The summed E-state index contributed by atoms with van der Waals surface area (Å²) in [7, 11) is 1.56. The quantitative estimate of drug-likeness (QED) is 0.689. The SMILES string of the molecule is COc1cc(C#N)cc2cc(C)oc12. The molecule has 0 aliphatic carbocycles. The van der Waals surface area contributed by atoms with Gasteiger partial charge in [0.05, 0.1) is 18.7 Å². The van der Waals surface area contributed by atoms with E-state index in [9.17, 15) is 0 Å². The fourth-order valence-corrected chi connectivity index (χ4v) is 1.47. The van der Waals surface area contributed by atoms with Crippen LogP contribution in [0.5, 0.6) is 5.75 Å². The summed E-state index contributed by atoms with van der Waals surface area (Å²) in [5, 5.41) is 9.69. The number of benzene rings is 1. The summed E-state index contributed by atoms with van der Waals surface area (Å²) < 4.78 is 10.6. The van der Waals surface area contributed by atoms with E-state index in [0.717, 1.165) is 11.1 Å². The molecule has 0 aliphatic heterocycles. The summed E-state index contributed by atoms with van der Waals surface area (Å²) in [6.45, 7) is 1.87. The fraction of sp³-hybridized carbons (Fsp3) is 0.182. The first-order valence-corrected chi connectivity index (χ1v) is 4.23. The maximum Gasteiger partial charge on any atom is 0.176 e. The van der Waals surface area contributed by atoms with E-state index < -0.39 is 0 Å². The van der Waals surface area contributed by atoms with Gasteiger partial charge in [0.2, 0.25) is 0 Å². The van der Waals surface area contributed by atoms with Crippen molar-refractivity contribution in [1.29, 1.82) is 5.26 Å². The van der Waals surface area contributed by atoms with E-state index in [1.54, 1.807) is 19.2 Å². The van der Waals surface area contributed by atoms with Gasteiger partial charge in [-0.3, -0.25) is 0 Å². The molecule has 1 heterocycles. The predicted molar refractivity (Wildman–Crippen MR) is 52.2 cm³/mol. The van der Waals surface area contributed by atoms with Crippen molar-refractivity contribution in [1.82, 2.24) is 0 Å². The van der Waals surface area contributed by atoms with Crippen LogP contribution < -0.4 is 4.74 Å². The Balaban J connectivity index is 2.80. The van der Waals surface area contributed by atoms with Gasteiger partial charge in [0.1, 0.15) is 5.76 Å². The molecule has 2 aromatic rings. The molecular formula is C11H9NO2. The zero-order valence-corrected chi connectivity index (χ0v) is 8.00. The van der Waals surface area contributed by atoms with E-state index in [-0.39, 0.29) is 0 Å². The van der Waals surface area contributed by atoms with Gasteiger partial charge in [0.25, 0.3) is 0 Å². The van der Waals surface area contributed by atoms with Crippen LogP contribution >= 0.6 is 0 Å². The molecule has 3 nitrogen and oxygen atoms in total. The number of rotatable bonds is 1. The van der Waals surface area contributed by atoms with Crippen LogP contribution in [-0.4, -0.2) is 7.11 Å². The second-order valence-corrected chi connectivity index (χ2v) is 3.07. The van der Waals surface area contributed by atoms with E-state index in [0.29, 0.717) is 16.9 Å². The molecule has 0 saturated heterocycles. The monoisotopic (exact) mass is 187 g/mol. The van der Waals surface area contributed by atoms with E-state index in [4.69, 9.17) is 14.4 Å². The van der Waals surface area contributed by atoms with Crippen molar-refractivity contribution in [3.05, 3.63) is 29.5 Å². The van der Waals surface area contributed by atoms with Gasteiger partial charge < -0.3 is 9.15 Å². The third-order valence-corrected chi connectivity index (χ3v) is 2.05. The molecule has 0 aliphatic rings. The Morgan fingerprint density at radius 1 is 1.36 bits per heavy atom. The Morgan fingerprint density at radius 3 is 2.79 bits per heavy atom. The highest BCUT2D eigenvalue weighted by molar-refractivity contribution is 5.85. The molecule has 14 heavy (non-hydrogen) atoms. The lowest BCUT2D eigenvalue weighted by molar-refractivity contribution is 0.408. The predicted octanol–water partition coefficient (Wildman–Crippen LogP) is 2.62. The summed E-state index contributed by atoms with van der Waals surface area (Å²) in [4.78, 5) is 0. The molecule has 0 spiro atoms. The molecule has 2 rings (SSSR count). The molecule has 0 atom stereocenters. The number of aryl methyl sites for hydroxylation is 1. The van der Waals surface area contributed by atoms with Gasteiger partial charge >= 0.3 is 0 Å². The first kappa shape index (κ1) is 8.64. The van der Waals surface area contributed by atoms with Gasteiger partial charge in [-0.15, -0.1) is 0 Å². The van der Waals surface area contributed by atoms with Crippen molar-refractivity contribution in [2.24, 2.45) is 0 Å². The molecule has 0 saturated carbocycles. The van der Waals surface area contributed by atoms with E-state index in [2.05, 4.69) is 6.07 Å². The van der Waals surface area contributed by atoms with Crippen LogP contribution in [0.3, 0.4) is 0 Å². The largest absolute Gasteiger partial charge is 0.493 e. The van der Waals surface area contributed by atoms with Crippen LogP contribution in [0.2, 0.25) is 0 Å². The highest BCUT2D eigenvalue weighted by atomic mass is 16.5. The molecule has 0 unspecified atom stereocenters. The van der Waals surface area contributed by atoms with Gasteiger partial charge in [-0.1, -0.05) is 0 Å². The third kappa shape index (κ3) is 1.21. The number of nitriles is 1. The van der Waals surface area contributed by atoms with E-state index in [1.165, 1.54) is 0 Å². The Bertz CT molecular complexity index is 520. The average molecular weight is 187 g/mol. The van der Waals surface area contributed by atoms with Gasteiger partial charge in [-0.25, -0.2) is 0 Å². The van der Waals surface area contributed by atoms with E-state index in [1.807, 2.05) is 13.0 Å². The molecule has 0 fully saturated rings. The maximum absolute atomic E-state index is 8.79. The lowest BCUT2D eigenvalue weighted by atomic mass is 10.1. The highest BCUT2D eigenvalue weighted by Gasteiger charge is 2.08. The van der Waals surface area contributed by atoms with Crippen LogP contribution in [0.25, 0.3) is 11.0 Å². The van der Waals surface area contributed by atoms with Gasteiger partial charge in [0.15, 0.2) is 11.3 Å². The summed E-state index contributed by atoms with van der Waals surface area (Å²) >= 11 is 0. The van der Waals surface area contributed by atoms with Crippen molar-refractivity contribution in [2.45, 2.75) is 6.92 Å². The second-order valence-electron chi connectivity index (χ2n) is 3.07. The van der Waals surface area contributed by atoms with Crippen LogP contribution in [0.4, 0.5) is 0 Å². The number of ether oxygens (including phenoxy) is 1. The normalized spacial score (nSPS) is 10.1. The molecule has 0 amide bonds. The highest BCUT2D eigenvalue weighted by Crippen LogP contribution is 2.29. The average Bonchev–Trinajstić information content (AvgIpc) is 2.56. The Morgan fingerprint density at radius 2 is 2.14 bits per heavy atom. The molecular weight excluding hydrogens is 178 g/mol. The first-order valence-electron chi connectivity index (χ1n) is 4.23. The Labute approximate surface area is 81.5 Å². The lowest BCUT2D eigenvalue weighted by Gasteiger charge is -2.00. The third-order valence-electron chi connectivity index (χ3n) is 2.05. The topological polar surface area (TPSA) is 46.2 Å². The van der Waals surface area contributed by atoms with Gasteiger partial charge in [0, 0.05) is 11.5 Å². The molecule has 70 valence electrons. The lowest BCUT2D eigenvalue weighted by Crippen LogP contribution is -1.84. The molecule has 0 radical (unpaired) electrons.